The molecule has 0 aromatic rings. The molecule has 2 atom stereocenters. The Bertz CT molecular complexity index is 134. The Balaban J connectivity index is 4.17. The van der Waals surface area contributed by atoms with Crippen molar-refractivity contribution in [2.75, 3.05) is 0 Å². The molecule has 5 heteroatoms. The van der Waals surface area contributed by atoms with Gasteiger partial charge in [-0.3, -0.25) is 10.1 Å². The van der Waals surface area contributed by atoms with E-state index in [9.17, 15) is 10.1 Å². The summed E-state index contributed by atoms with van der Waals surface area (Å²) in [5.74, 6) is 0. The van der Waals surface area contributed by atoms with Crippen molar-refractivity contribution in [3.63, 3.8) is 0 Å². The minimum Gasteiger partial charge on any atom is -0.380 e. The second-order valence-corrected chi connectivity index (χ2v) is 2.37. The number of aliphatic hydroxyl groups is 2. The molecule has 0 aromatic heterocycles. The van der Waals surface area contributed by atoms with Crippen LogP contribution in [0.3, 0.4) is 0 Å². The Kier molecular flexibility index (Phi) is 2.74. The van der Waals surface area contributed by atoms with Crippen LogP contribution >= 0.6 is 0 Å². The van der Waals surface area contributed by atoms with E-state index in [2.05, 4.69) is 0 Å². The van der Waals surface area contributed by atoms with Crippen LogP contribution in [0, 0.1) is 10.1 Å². The molecule has 60 valence electrons. The van der Waals surface area contributed by atoms with Gasteiger partial charge >= 0.3 is 6.23 Å². The van der Waals surface area contributed by atoms with Crippen molar-refractivity contribution in [3.8, 4) is 0 Å². The van der Waals surface area contributed by atoms with Gasteiger partial charge in [-0.05, 0) is 13.3 Å². The molecule has 0 amide bonds. The quantitative estimate of drug-likeness (QED) is 0.329. The molecule has 0 spiro atoms. The van der Waals surface area contributed by atoms with E-state index in [4.69, 9.17) is 10.2 Å². The molecule has 0 saturated carbocycles. The van der Waals surface area contributed by atoms with E-state index in [-0.39, 0.29) is 6.42 Å². The van der Waals surface area contributed by atoms with Gasteiger partial charge in [0.25, 0.3) is 0 Å². The van der Waals surface area contributed by atoms with Gasteiger partial charge in [0.05, 0.1) is 4.92 Å². The minimum absolute atomic E-state index is 0.148. The monoisotopic (exact) mass is 149 g/mol. The zero-order valence-corrected chi connectivity index (χ0v) is 5.94. The van der Waals surface area contributed by atoms with Crippen LogP contribution < -0.4 is 0 Å². The molecule has 2 N–H and O–H groups in total. The van der Waals surface area contributed by atoms with Gasteiger partial charge in [0.2, 0.25) is 0 Å². The minimum atomic E-state index is -1.89. The zero-order valence-electron chi connectivity index (χ0n) is 5.94. The van der Waals surface area contributed by atoms with Gasteiger partial charge in [0.15, 0.2) is 5.60 Å². The lowest BCUT2D eigenvalue weighted by molar-refractivity contribution is -0.593. The maximum absolute atomic E-state index is 9.90. The summed E-state index contributed by atoms with van der Waals surface area (Å²) < 4.78 is 0. The fourth-order valence-corrected chi connectivity index (χ4v) is 0.410. The highest BCUT2D eigenvalue weighted by Gasteiger charge is 2.37. The molecule has 2 unspecified atom stereocenters. The number of rotatable bonds is 3. The Labute approximate surface area is 58.4 Å². The van der Waals surface area contributed by atoms with Crippen molar-refractivity contribution in [2.24, 2.45) is 0 Å². The molecular weight excluding hydrogens is 138 g/mol. The summed E-state index contributed by atoms with van der Waals surface area (Å²) in [5.41, 5.74) is -1.62. The summed E-state index contributed by atoms with van der Waals surface area (Å²) in [6.07, 6.45) is -1.74. The molecule has 0 radical (unpaired) electrons. The highest BCUT2D eigenvalue weighted by atomic mass is 16.7. The van der Waals surface area contributed by atoms with Crippen LogP contribution in [0.25, 0.3) is 0 Å². The number of nitro groups is 1. The first-order valence-corrected chi connectivity index (χ1v) is 2.95. The summed E-state index contributed by atoms with van der Waals surface area (Å²) >= 11 is 0. The second-order valence-electron chi connectivity index (χ2n) is 2.37. The second kappa shape index (κ2) is 2.94. The summed E-state index contributed by atoms with van der Waals surface area (Å²) in [4.78, 5) is 8.99. The topological polar surface area (TPSA) is 83.6 Å². The Morgan fingerprint density at radius 3 is 2.30 bits per heavy atom. The normalized spacial score (nSPS) is 19.6. The highest BCUT2D eigenvalue weighted by molar-refractivity contribution is 4.72. The molecule has 0 aliphatic carbocycles. The standard InChI is InChI=1S/C5H11NO4/c1-3-5(2,8)4(7)6(9)10/h4,7-8H,3H2,1-2H3. The number of nitrogens with zero attached hydrogens (tertiary/aromatic N) is 1. The molecule has 10 heavy (non-hydrogen) atoms. The molecule has 0 rings (SSSR count). The predicted molar refractivity (Wildman–Crippen MR) is 33.9 cm³/mol. The van der Waals surface area contributed by atoms with Crippen LogP contribution in [-0.2, 0) is 0 Å². The molecule has 0 aliphatic rings. The van der Waals surface area contributed by atoms with Crippen molar-refractivity contribution in [1.29, 1.82) is 0 Å². The molecule has 0 heterocycles. The van der Waals surface area contributed by atoms with E-state index < -0.39 is 16.8 Å². The summed E-state index contributed by atoms with van der Waals surface area (Å²) in [5, 5.41) is 27.7. The Morgan fingerprint density at radius 1 is 1.80 bits per heavy atom. The van der Waals surface area contributed by atoms with Crippen LogP contribution in [0.4, 0.5) is 0 Å². The van der Waals surface area contributed by atoms with E-state index in [0.29, 0.717) is 0 Å². The first-order chi connectivity index (χ1) is 4.41. The van der Waals surface area contributed by atoms with Gasteiger partial charge in [-0.1, -0.05) is 6.92 Å². The zero-order chi connectivity index (χ0) is 8.36. The lowest BCUT2D eigenvalue weighted by Crippen LogP contribution is -2.43. The van der Waals surface area contributed by atoms with Gasteiger partial charge in [-0.25, -0.2) is 0 Å². The van der Waals surface area contributed by atoms with Gasteiger partial charge in [-0.2, -0.15) is 0 Å². The van der Waals surface area contributed by atoms with Crippen molar-refractivity contribution >= 4 is 0 Å². The fourth-order valence-electron chi connectivity index (χ4n) is 0.410. The molecule has 0 bridgehead atoms. The van der Waals surface area contributed by atoms with Crippen molar-refractivity contribution in [1.82, 2.24) is 0 Å². The van der Waals surface area contributed by atoms with Gasteiger partial charge in [-0.15, -0.1) is 0 Å². The molecular formula is C5H11NO4. The third-order valence-corrected chi connectivity index (χ3v) is 1.47. The van der Waals surface area contributed by atoms with E-state index in [0.717, 1.165) is 0 Å². The van der Waals surface area contributed by atoms with Crippen LogP contribution in [0.5, 0.6) is 0 Å². The Morgan fingerprint density at radius 2 is 2.20 bits per heavy atom. The van der Waals surface area contributed by atoms with Crippen LogP contribution in [-0.4, -0.2) is 27.0 Å². The maximum atomic E-state index is 9.90. The number of hydrogen-bond donors (Lipinski definition) is 2. The maximum Gasteiger partial charge on any atom is 0.341 e. The summed E-state index contributed by atoms with van der Waals surface area (Å²) in [6.45, 7) is 2.78. The van der Waals surface area contributed by atoms with E-state index in [1.807, 2.05) is 0 Å². The molecule has 0 aromatic carbocycles. The predicted octanol–water partition coefficient (Wildman–Crippen LogP) is -0.258. The van der Waals surface area contributed by atoms with Gasteiger partial charge < -0.3 is 10.2 Å². The highest BCUT2D eigenvalue weighted by Crippen LogP contribution is 2.13. The molecule has 0 fully saturated rings. The van der Waals surface area contributed by atoms with Crippen LogP contribution in [0.15, 0.2) is 0 Å². The largest absolute Gasteiger partial charge is 0.380 e. The van der Waals surface area contributed by atoms with Gasteiger partial charge in [0, 0.05) is 0 Å². The third kappa shape index (κ3) is 1.93. The SMILES string of the molecule is CCC(C)(O)C(O)[N+](=O)[O-]. The van der Waals surface area contributed by atoms with E-state index in [1.165, 1.54) is 6.92 Å². The first-order valence-electron chi connectivity index (χ1n) is 2.95. The molecule has 5 nitrogen and oxygen atoms in total. The smallest absolute Gasteiger partial charge is 0.341 e. The van der Waals surface area contributed by atoms with Crippen LogP contribution in [0.1, 0.15) is 20.3 Å². The lowest BCUT2D eigenvalue weighted by Gasteiger charge is -2.19. The molecule has 0 saturated heterocycles. The van der Waals surface area contributed by atoms with Crippen LogP contribution in [0.2, 0.25) is 0 Å². The van der Waals surface area contributed by atoms with E-state index >= 15 is 0 Å². The summed E-state index contributed by atoms with van der Waals surface area (Å²) in [6, 6.07) is 0. The Hall–Kier alpha value is -0.680. The van der Waals surface area contributed by atoms with Crippen molar-refractivity contribution < 1.29 is 15.1 Å². The first kappa shape index (κ1) is 9.32. The fraction of sp³-hybridized carbons (Fsp3) is 1.00. The third-order valence-electron chi connectivity index (χ3n) is 1.47. The van der Waals surface area contributed by atoms with Crippen molar-refractivity contribution in [2.45, 2.75) is 32.1 Å². The van der Waals surface area contributed by atoms with Gasteiger partial charge in [0.1, 0.15) is 0 Å². The van der Waals surface area contributed by atoms with E-state index in [1.54, 1.807) is 6.92 Å². The molecule has 0 aliphatic heterocycles. The summed E-state index contributed by atoms with van der Waals surface area (Å²) in [7, 11) is 0. The lowest BCUT2D eigenvalue weighted by atomic mass is 10.0. The number of aliphatic hydroxyl groups excluding tert-OH is 1. The number of hydrogen-bond acceptors (Lipinski definition) is 4. The average molecular weight is 149 g/mol. The average Bonchev–Trinajstić information content (AvgIpc) is 1.86. The van der Waals surface area contributed by atoms with Crippen molar-refractivity contribution in [3.05, 3.63) is 10.1 Å².